The predicted octanol–water partition coefficient (Wildman–Crippen LogP) is 1.91. The summed E-state index contributed by atoms with van der Waals surface area (Å²) in [6, 6.07) is 0. The number of unbranched alkanes of at least 4 members (excludes halogenated alkanes) is 1. The van der Waals surface area contributed by atoms with Gasteiger partial charge in [0.2, 0.25) is 5.12 Å². The first-order valence-electron chi connectivity index (χ1n) is 3.54. The van der Waals surface area contributed by atoms with Crippen LogP contribution in [0.3, 0.4) is 0 Å². The van der Waals surface area contributed by atoms with Crippen LogP contribution < -0.4 is 0 Å². The van der Waals surface area contributed by atoms with Crippen LogP contribution >= 0.6 is 12.0 Å². The van der Waals surface area contributed by atoms with Gasteiger partial charge in [0.1, 0.15) is 12.0 Å². The summed E-state index contributed by atoms with van der Waals surface area (Å²) in [5.74, 6) is -0.313. The molecule has 0 fully saturated rings. The van der Waals surface area contributed by atoms with E-state index in [2.05, 4.69) is 4.18 Å². The second-order valence-electron chi connectivity index (χ2n) is 2.13. The lowest BCUT2D eigenvalue weighted by molar-refractivity contribution is -0.133. The molecule has 0 amide bonds. The lowest BCUT2D eigenvalue weighted by Gasteiger charge is -1.97. The number of rotatable bonds is 3. The van der Waals surface area contributed by atoms with Gasteiger partial charge < -0.3 is 4.18 Å². The molecule has 0 aromatic carbocycles. The first kappa shape index (κ1) is 10.5. The predicted molar refractivity (Wildman–Crippen MR) is 43.9 cm³/mol. The number of carbonyl (C=O) groups excluding carboxylic acids is 2. The van der Waals surface area contributed by atoms with E-state index in [-0.39, 0.29) is 11.1 Å². The fourth-order valence-electron chi connectivity index (χ4n) is 0.468. The van der Waals surface area contributed by atoms with Crippen LogP contribution in [0.1, 0.15) is 33.1 Å². The van der Waals surface area contributed by atoms with Crippen LogP contribution in [0, 0.1) is 0 Å². The van der Waals surface area contributed by atoms with Gasteiger partial charge in [0, 0.05) is 13.3 Å². The molecular weight excluding hydrogens is 164 g/mol. The summed E-state index contributed by atoms with van der Waals surface area (Å²) in [5, 5.41) is -0.199. The Hall–Kier alpha value is -0.510. The average Bonchev–Trinajstić information content (AvgIpc) is 1.97. The van der Waals surface area contributed by atoms with E-state index in [1.807, 2.05) is 6.92 Å². The molecule has 0 spiro atoms. The molecule has 0 saturated heterocycles. The Labute approximate surface area is 70.7 Å². The van der Waals surface area contributed by atoms with E-state index in [4.69, 9.17) is 0 Å². The van der Waals surface area contributed by atoms with Crippen molar-refractivity contribution in [2.45, 2.75) is 33.1 Å². The van der Waals surface area contributed by atoms with Crippen molar-refractivity contribution >= 4 is 23.1 Å². The van der Waals surface area contributed by atoms with Crippen molar-refractivity contribution in [2.75, 3.05) is 0 Å². The molecule has 0 bridgehead atoms. The molecule has 4 heteroatoms. The van der Waals surface area contributed by atoms with Gasteiger partial charge in [-0.15, -0.1) is 0 Å². The minimum Gasteiger partial charge on any atom is -0.383 e. The fourth-order valence-corrected chi connectivity index (χ4v) is 0.762. The lowest BCUT2D eigenvalue weighted by atomic mass is 10.3. The van der Waals surface area contributed by atoms with Crippen molar-refractivity contribution < 1.29 is 13.8 Å². The first-order chi connectivity index (χ1) is 5.16. The highest BCUT2D eigenvalue weighted by molar-refractivity contribution is 8.09. The summed E-state index contributed by atoms with van der Waals surface area (Å²) in [5.41, 5.74) is 0. The van der Waals surface area contributed by atoms with Gasteiger partial charge in [-0.2, -0.15) is 0 Å². The van der Waals surface area contributed by atoms with Crippen LogP contribution in [-0.4, -0.2) is 11.1 Å². The molecule has 0 saturated carbocycles. The SMILES string of the molecule is CCCCC(=O)OSC(C)=O. The maximum Gasteiger partial charge on any atom is 0.318 e. The van der Waals surface area contributed by atoms with Crippen LogP contribution in [-0.2, 0) is 13.8 Å². The highest BCUT2D eigenvalue weighted by Gasteiger charge is 2.03. The Balaban J connectivity index is 3.30. The van der Waals surface area contributed by atoms with Gasteiger partial charge in [-0.05, 0) is 6.42 Å². The molecule has 0 aliphatic heterocycles. The maximum atomic E-state index is 10.7. The van der Waals surface area contributed by atoms with Crippen molar-refractivity contribution in [2.24, 2.45) is 0 Å². The number of carbonyl (C=O) groups is 2. The van der Waals surface area contributed by atoms with Crippen LogP contribution in [0.5, 0.6) is 0 Å². The Bertz CT molecular complexity index is 145. The molecule has 0 aromatic heterocycles. The summed E-state index contributed by atoms with van der Waals surface area (Å²) in [6.45, 7) is 3.35. The van der Waals surface area contributed by atoms with E-state index in [0.717, 1.165) is 12.8 Å². The smallest absolute Gasteiger partial charge is 0.318 e. The summed E-state index contributed by atoms with van der Waals surface area (Å²) < 4.78 is 4.53. The third kappa shape index (κ3) is 7.39. The standard InChI is InChI=1S/C7H12O3S/c1-3-4-5-7(9)10-11-6(2)8/h3-5H2,1-2H3. The Morgan fingerprint density at radius 3 is 2.55 bits per heavy atom. The molecule has 0 heterocycles. The highest BCUT2D eigenvalue weighted by atomic mass is 32.2. The Morgan fingerprint density at radius 2 is 2.09 bits per heavy atom. The fraction of sp³-hybridized carbons (Fsp3) is 0.714. The minimum absolute atomic E-state index is 0.199. The van der Waals surface area contributed by atoms with E-state index in [1.165, 1.54) is 6.92 Å². The second kappa shape index (κ2) is 6.22. The van der Waals surface area contributed by atoms with Gasteiger partial charge in [0.25, 0.3) is 0 Å². The molecule has 0 radical (unpaired) electrons. The van der Waals surface area contributed by atoms with Gasteiger partial charge in [-0.25, -0.2) is 0 Å². The molecule has 11 heavy (non-hydrogen) atoms. The van der Waals surface area contributed by atoms with Crippen molar-refractivity contribution in [3.05, 3.63) is 0 Å². The van der Waals surface area contributed by atoms with Gasteiger partial charge in [0.15, 0.2) is 0 Å². The van der Waals surface area contributed by atoms with Crippen LogP contribution in [0.2, 0.25) is 0 Å². The van der Waals surface area contributed by atoms with E-state index >= 15 is 0 Å². The lowest BCUT2D eigenvalue weighted by Crippen LogP contribution is -1.99. The van der Waals surface area contributed by atoms with Crippen LogP contribution in [0.4, 0.5) is 0 Å². The summed E-state index contributed by atoms with van der Waals surface area (Å²) in [4.78, 5) is 21.0. The van der Waals surface area contributed by atoms with Gasteiger partial charge >= 0.3 is 5.97 Å². The van der Waals surface area contributed by atoms with Crippen molar-refractivity contribution in [3.63, 3.8) is 0 Å². The zero-order chi connectivity index (χ0) is 8.69. The summed E-state index contributed by atoms with van der Waals surface area (Å²) in [7, 11) is 0. The van der Waals surface area contributed by atoms with Gasteiger partial charge in [-0.3, -0.25) is 9.59 Å². The average molecular weight is 176 g/mol. The third-order valence-corrected chi connectivity index (χ3v) is 1.49. The second-order valence-corrected chi connectivity index (χ2v) is 3.04. The van der Waals surface area contributed by atoms with Crippen molar-refractivity contribution in [3.8, 4) is 0 Å². The molecule has 3 nitrogen and oxygen atoms in total. The van der Waals surface area contributed by atoms with Crippen LogP contribution in [0.15, 0.2) is 0 Å². The zero-order valence-electron chi connectivity index (χ0n) is 6.75. The topological polar surface area (TPSA) is 43.4 Å². The summed E-state index contributed by atoms with van der Waals surface area (Å²) >= 11 is 0.601. The number of hydrogen-bond donors (Lipinski definition) is 0. The molecule has 0 N–H and O–H groups in total. The highest BCUT2D eigenvalue weighted by Crippen LogP contribution is 2.06. The summed E-state index contributed by atoms with van der Waals surface area (Å²) in [6.07, 6.45) is 2.17. The van der Waals surface area contributed by atoms with E-state index < -0.39 is 0 Å². The zero-order valence-corrected chi connectivity index (χ0v) is 7.57. The van der Waals surface area contributed by atoms with E-state index in [1.54, 1.807) is 0 Å². The van der Waals surface area contributed by atoms with Gasteiger partial charge in [0.05, 0.1) is 0 Å². The van der Waals surface area contributed by atoms with E-state index in [0.29, 0.717) is 18.5 Å². The monoisotopic (exact) mass is 176 g/mol. The maximum absolute atomic E-state index is 10.7. The molecule has 0 aliphatic rings. The molecule has 0 unspecified atom stereocenters. The largest absolute Gasteiger partial charge is 0.383 e. The van der Waals surface area contributed by atoms with Crippen LogP contribution in [0.25, 0.3) is 0 Å². The van der Waals surface area contributed by atoms with Gasteiger partial charge in [-0.1, -0.05) is 13.3 Å². The van der Waals surface area contributed by atoms with E-state index in [9.17, 15) is 9.59 Å². The van der Waals surface area contributed by atoms with Crippen molar-refractivity contribution in [1.29, 1.82) is 0 Å². The molecule has 0 aliphatic carbocycles. The Morgan fingerprint density at radius 1 is 1.45 bits per heavy atom. The molecular formula is C7H12O3S. The molecule has 0 atom stereocenters. The van der Waals surface area contributed by atoms with Crippen molar-refractivity contribution in [1.82, 2.24) is 0 Å². The first-order valence-corrected chi connectivity index (χ1v) is 4.29. The third-order valence-electron chi connectivity index (χ3n) is 0.986. The molecule has 0 rings (SSSR count). The Kier molecular flexibility index (Phi) is 5.93. The minimum atomic E-state index is -0.313. The normalized spacial score (nSPS) is 9.27. The molecule has 64 valence electrons. The quantitative estimate of drug-likeness (QED) is 0.616. The molecule has 0 aromatic rings. The number of hydrogen-bond acceptors (Lipinski definition) is 4.